The molecule has 0 aliphatic carbocycles. The predicted octanol–water partition coefficient (Wildman–Crippen LogP) is 4.72. The zero-order valence-electron chi connectivity index (χ0n) is 17.2. The van der Waals surface area contributed by atoms with E-state index in [1.807, 2.05) is 68.4 Å². The summed E-state index contributed by atoms with van der Waals surface area (Å²) in [6, 6.07) is 19.7. The van der Waals surface area contributed by atoms with Gasteiger partial charge >= 0.3 is 0 Å². The number of nitrogens with one attached hydrogen (secondary N) is 1. The monoisotopic (exact) mass is 389 g/mol. The molecule has 2 aromatic carbocycles. The second kappa shape index (κ2) is 9.73. The van der Waals surface area contributed by atoms with Crippen LogP contribution in [0.1, 0.15) is 28.4 Å². The summed E-state index contributed by atoms with van der Waals surface area (Å²) in [7, 11) is 1.67. The number of hydrogen-bond donors (Lipinski definition) is 1. The molecule has 0 unspecified atom stereocenters. The number of rotatable bonds is 8. The Balaban J connectivity index is 1.60. The van der Waals surface area contributed by atoms with E-state index in [4.69, 9.17) is 4.74 Å². The number of anilines is 2. The maximum Gasteiger partial charge on any atom is 0.259 e. The van der Waals surface area contributed by atoms with Crippen LogP contribution in [0.15, 0.2) is 66.9 Å². The van der Waals surface area contributed by atoms with Gasteiger partial charge in [-0.3, -0.25) is 4.79 Å². The average molecular weight is 389 g/mol. The van der Waals surface area contributed by atoms with E-state index in [1.54, 1.807) is 18.2 Å². The van der Waals surface area contributed by atoms with Crippen molar-refractivity contribution in [2.75, 3.05) is 30.4 Å². The Kier molecular flexibility index (Phi) is 6.85. The fraction of sp³-hybridized carbons (Fsp3) is 0.250. The Morgan fingerprint density at radius 3 is 2.62 bits per heavy atom. The molecule has 0 spiro atoms. The summed E-state index contributed by atoms with van der Waals surface area (Å²) in [6.07, 6.45) is 2.49. The Morgan fingerprint density at radius 1 is 1.10 bits per heavy atom. The summed E-state index contributed by atoms with van der Waals surface area (Å²) in [5, 5.41) is 3.30. The smallest absolute Gasteiger partial charge is 0.259 e. The summed E-state index contributed by atoms with van der Waals surface area (Å²) >= 11 is 0. The number of methoxy groups -OCH3 is 1. The first-order valence-electron chi connectivity index (χ1n) is 9.82. The highest BCUT2D eigenvalue weighted by Crippen LogP contribution is 2.19. The Hall–Kier alpha value is -3.34. The maximum absolute atomic E-state index is 12.9. The number of ether oxygens (including phenoxy) is 1. The van der Waals surface area contributed by atoms with Gasteiger partial charge in [0, 0.05) is 25.0 Å². The SMILES string of the molecule is CCN(C(=O)c1ccc(NCCc2cccc(OC)c2)nc1)c1cccc(C)c1. The quantitative estimate of drug-likeness (QED) is 0.606. The number of nitrogens with zero attached hydrogens (tertiary/aromatic N) is 2. The number of aryl methyl sites for hydroxylation is 1. The zero-order chi connectivity index (χ0) is 20.6. The topological polar surface area (TPSA) is 54.5 Å². The van der Waals surface area contributed by atoms with Crippen LogP contribution in [0.2, 0.25) is 0 Å². The van der Waals surface area contributed by atoms with E-state index < -0.39 is 0 Å². The number of carbonyl (C=O) groups excluding carboxylic acids is 1. The summed E-state index contributed by atoms with van der Waals surface area (Å²) in [5.41, 5.74) is 3.80. The van der Waals surface area contributed by atoms with Gasteiger partial charge in [0.2, 0.25) is 0 Å². The standard InChI is InChI=1S/C24H27N3O2/c1-4-27(21-9-5-7-18(2)15-21)24(28)20-11-12-23(26-17-20)25-14-13-19-8-6-10-22(16-19)29-3/h5-12,15-17H,4,13-14H2,1-3H3,(H,25,26). The lowest BCUT2D eigenvalue weighted by atomic mass is 10.1. The molecule has 1 heterocycles. The van der Waals surface area contributed by atoms with Gasteiger partial charge in [0.1, 0.15) is 11.6 Å². The van der Waals surface area contributed by atoms with Crippen molar-refractivity contribution in [2.45, 2.75) is 20.3 Å². The fourth-order valence-electron chi connectivity index (χ4n) is 3.18. The number of carbonyl (C=O) groups is 1. The third-order valence-corrected chi connectivity index (χ3v) is 4.74. The molecule has 1 aromatic heterocycles. The first-order valence-corrected chi connectivity index (χ1v) is 9.82. The fourth-order valence-corrected chi connectivity index (χ4v) is 3.18. The van der Waals surface area contributed by atoms with Gasteiger partial charge in [-0.25, -0.2) is 4.98 Å². The summed E-state index contributed by atoms with van der Waals surface area (Å²) in [5.74, 6) is 1.56. The Morgan fingerprint density at radius 2 is 1.93 bits per heavy atom. The second-order valence-electron chi connectivity index (χ2n) is 6.85. The molecule has 0 radical (unpaired) electrons. The van der Waals surface area contributed by atoms with Crippen molar-refractivity contribution < 1.29 is 9.53 Å². The lowest BCUT2D eigenvalue weighted by Crippen LogP contribution is -2.30. The van der Waals surface area contributed by atoms with Crippen molar-refractivity contribution >= 4 is 17.4 Å². The van der Waals surface area contributed by atoms with Gasteiger partial charge < -0.3 is 15.0 Å². The lowest BCUT2D eigenvalue weighted by Gasteiger charge is -2.21. The average Bonchev–Trinajstić information content (AvgIpc) is 2.75. The Labute approximate surface area is 172 Å². The zero-order valence-corrected chi connectivity index (χ0v) is 17.2. The van der Waals surface area contributed by atoms with Gasteiger partial charge in [-0.05, 0) is 67.8 Å². The van der Waals surface area contributed by atoms with E-state index in [-0.39, 0.29) is 5.91 Å². The molecule has 0 fully saturated rings. The van der Waals surface area contributed by atoms with Crippen molar-refractivity contribution in [1.29, 1.82) is 0 Å². The normalized spacial score (nSPS) is 10.4. The van der Waals surface area contributed by atoms with Gasteiger partial charge in [0.15, 0.2) is 0 Å². The molecular weight excluding hydrogens is 362 g/mol. The van der Waals surface area contributed by atoms with Gasteiger partial charge in [-0.2, -0.15) is 0 Å². The molecule has 3 rings (SSSR count). The molecule has 1 N–H and O–H groups in total. The van der Waals surface area contributed by atoms with E-state index in [2.05, 4.69) is 16.4 Å². The molecule has 29 heavy (non-hydrogen) atoms. The van der Waals surface area contributed by atoms with Crippen molar-refractivity contribution in [3.63, 3.8) is 0 Å². The van der Waals surface area contributed by atoms with Gasteiger partial charge in [-0.1, -0.05) is 24.3 Å². The van der Waals surface area contributed by atoms with E-state index in [0.717, 1.165) is 35.8 Å². The van der Waals surface area contributed by atoms with Crippen LogP contribution in [-0.4, -0.2) is 31.1 Å². The first kappa shape index (κ1) is 20.4. The number of hydrogen-bond acceptors (Lipinski definition) is 4. The summed E-state index contributed by atoms with van der Waals surface area (Å²) in [6.45, 7) is 5.35. The van der Waals surface area contributed by atoms with Gasteiger partial charge in [0.05, 0.1) is 12.7 Å². The largest absolute Gasteiger partial charge is 0.497 e. The second-order valence-corrected chi connectivity index (χ2v) is 6.85. The van der Waals surface area contributed by atoms with E-state index in [9.17, 15) is 4.79 Å². The molecule has 3 aromatic rings. The van der Waals surface area contributed by atoms with Gasteiger partial charge in [-0.15, -0.1) is 0 Å². The molecule has 0 aliphatic heterocycles. The molecule has 0 aliphatic rings. The molecule has 5 heteroatoms. The van der Waals surface area contributed by atoms with Crippen LogP contribution in [0.3, 0.4) is 0 Å². The van der Waals surface area contributed by atoms with E-state index >= 15 is 0 Å². The minimum atomic E-state index is -0.0477. The van der Waals surface area contributed by atoms with Crippen molar-refractivity contribution in [1.82, 2.24) is 4.98 Å². The highest BCUT2D eigenvalue weighted by molar-refractivity contribution is 6.06. The first-order chi connectivity index (χ1) is 14.1. The molecule has 5 nitrogen and oxygen atoms in total. The summed E-state index contributed by atoms with van der Waals surface area (Å²) in [4.78, 5) is 19.1. The van der Waals surface area contributed by atoms with Crippen LogP contribution in [0, 0.1) is 6.92 Å². The van der Waals surface area contributed by atoms with Crippen LogP contribution < -0.4 is 15.0 Å². The number of aromatic nitrogens is 1. The number of amides is 1. The molecule has 0 atom stereocenters. The molecule has 150 valence electrons. The van der Waals surface area contributed by atoms with Crippen LogP contribution >= 0.6 is 0 Å². The molecular formula is C24H27N3O2. The van der Waals surface area contributed by atoms with Gasteiger partial charge in [0.25, 0.3) is 5.91 Å². The van der Waals surface area contributed by atoms with Crippen LogP contribution in [-0.2, 0) is 6.42 Å². The van der Waals surface area contributed by atoms with E-state index in [0.29, 0.717) is 12.1 Å². The minimum absolute atomic E-state index is 0.0477. The van der Waals surface area contributed by atoms with Crippen molar-refractivity contribution in [3.05, 3.63) is 83.6 Å². The predicted molar refractivity (Wildman–Crippen MR) is 118 cm³/mol. The molecule has 0 saturated heterocycles. The summed E-state index contributed by atoms with van der Waals surface area (Å²) < 4.78 is 5.25. The molecule has 0 saturated carbocycles. The maximum atomic E-state index is 12.9. The molecule has 0 bridgehead atoms. The highest BCUT2D eigenvalue weighted by Gasteiger charge is 2.16. The van der Waals surface area contributed by atoms with Crippen molar-refractivity contribution in [3.8, 4) is 5.75 Å². The van der Waals surface area contributed by atoms with E-state index in [1.165, 1.54) is 5.56 Å². The number of benzene rings is 2. The van der Waals surface area contributed by atoms with Crippen molar-refractivity contribution in [2.24, 2.45) is 0 Å². The van der Waals surface area contributed by atoms with Crippen LogP contribution in [0.5, 0.6) is 5.75 Å². The number of pyridine rings is 1. The Bertz CT molecular complexity index is 954. The third-order valence-electron chi connectivity index (χ3n) is 4.74. The lowest BCUT2D eigenvalue weighted by molar-refractivity contribution is 0.0988. The minimum Gasteiger partial charge on any atom is -0.497 e. The third kappa shape index (κ3) is 5.35. The van der Waals surface area contributed by atoms with Crippen LogP contribution in [0.4, 0.5) is 11.5 Å². The highest BCUT2D eigenvalue weighted by atomic mass is 16.5. The van der Waals surface area contributed by atoms with Crippen LogP contribution in [0.25, 0.3) is 0 Å². The molecule has 1 amide bonds.